The zero-order chi connectivity index (χ0) is 19.8. The van der Waals surface area contributed by atoms with Crippen molar-refractivity contribution in [3.63, 3.8) is 0 Å². The maximum Gasteiger partial charge on any atom is 0.337 e. The number of nitrogens with two attached hydrogens (primary N) is 1. The zero-order valence-electron chi connectivity index (χ0n) is 14.9. The number of nitrogens with zero attached hydrogens (tertiary/aromatic N) is 1. The fourth-order valence-corrected chi connectivity index (χ4v) is 2.44. The van der Waals surface area contributed by atoms with Crippen molar-refractivity contribution in [2.75, 3.05) is 10.6 Å². The first-order chi connectivity index (χ1) is 12.9. The van der Waals surface area contributed by atoms with E-state index in [1.807, 2.05) is 18.2 Å². The van der Waals surface area contributed by atoms with Crippen molar-refractivity contribution < 1.29 is 19.5 Å². The second kappa shape index (κ2) is 9.44. The molecule has 2 amide bonds. The lowest BCUT2D eigenvalue weighted by atomic mass is 10.1. The van der Waals surface area contributed by atoms with Gasteiger partial charge in [0.2, 0.25) is 11.8 Å². The molecule has 0 aliphatic rings. The van der Waals surface area contributed by atoms with Crippen LogP contribution in [0.25, 0.3) is 0 Å². The average molecular weight is 370 g/mol. The van der Waals surface area contributed by atoms with Gasteiger partial charge in [-0.05, 0) is 37.5 Å². The molecular weight excluding hydrogens is 348 g/mol. The molecule has 142 valence electrons. The molecular formula is C19H22N4O4. The topological polar surface area (TPSA) is 134 Å². The number of benzene rings is 1. The minimum atomic E-state index is -1.13. The maximum absolute atomic E-state index is 12.1. The second-order valence-corrected chi connectivity index (χ2v) is 6.06. The van der Waals surface area contributed by atoms with Gasteiger partial charge in [-0.3, -0.25) is 14.6 Å². The van der Waals surface area contributed by atoms with E-state index in [0.717, 1.165) is 5.56 Å². The molecule has 1 heterocycles. The lowest BCUT2D eigenvalue weighted by molar-refractivity contribution is -0.117. The van der Waals surface area contributed by atoms with Gasteiger partial charge < -0.3 is 21.5 Å². The predicted molar refractivity (Wildman–Crippen MR) is 101 cm³/mol. The highest BCUT2D eigenvalue weighted by atomic mass is 16.4. The number of aromatic nitrogens is 1. The summed E-state index contributed by atoms with van der Waals surface area (Å²) >= 11 is 0. The van der Waals surface area contributed by atoms with Crippen LogP contribution in [0, 0.1) is 0 Å². The summed E-state index contributed by atoms with van der Waals surface area (Å²) in [6.45, 7) is 1.60. The number of carboxylic acid groups (broad SMARTS) is 1. The molecule has 1 aromatic heterocycles. The lowest BCUT2D eigenvalue weighted by Gasteiger charge is -2.12. The highest BCUT2D eigenvalue weighted by Crippen LogP contribution is 2.18. The van der Waals surface area contributed by atoms with Gasteiger partial charge in [-0.15, -0.1) is 0 Å². The number of aromatic carboxylic acids is 1. The van der Waals surface area contributed by atoms with E-state index in [1.54, 1.807) is 13.0 Å². The van der Waals surface area contributed by atoms with Crippen molar-refractivity contribution in [2.24, 2.45) is 5.73 Å². The molecule has 0 bridgehead atoms. The van der Waals surface area contributed by atoms with Crippen LogP contribution in [0.2, 0.25) is 0 Å². The van der Waals surface area contributed by atoms with E-state index in [-0.39, 0.29) is 29.5 Å². The van der Waals surface area contributed by atoms with Crippen molar-refractivity contribution in [3.8, 4) is 0 Å². The van der Waals surface area contributed by atoms with Crippen LogP contribution in [0.15, 0.2) is 42.7 Å². The van der Waals surface area contributed by atoms with Crippen LogP contribution in [0.4, 0.5) is 11.4 Å². The first-order valence-corrected chi connectivity index (χ1v) is 8.50. The Balaban J connectivity index is 1.92. The number of aryl methyl sites for hydroxylation is 1. The standard InChI is InChI=1S/C19H22N4O4/c1-12(20)18(25)23-15-7-3-2-5-13(15)6-4-8-17(24)22-16-11-21-10-9-14(16)19(26)27/h2-3,5,7,9-12H,4,6,8,20H2,1H3,(H,22,24)(H,23,25)(H,26,27)/t12-/m0/s1. The number of amides is 2. The van der Waals surface area contributed by atoms with Gasteiger partial charge in [0.1, 0.15) is 0 Å². The number of pyridine rings is 1. The average Bonchev–Trinajstić information content (AvgIpc) is 2.63. The molecule has 5 N–H and O–H groups in total. The smallest absolute Gasteiger partial charge is 0.337 e. The normalized spacial score (nSPS) is 11.5. The number of nitrogens with one attached hydrogen (secondary N) is 2. The number of para-hydroxylation sites is 1. The van der Waals surface area contributed by atoms with Gasteiger partial charge in [-0.1, -0.05) is 18.2 Å². The van der Waals surface area contributed by atoms with Gasteiger partial charge in [-0.25, -0.2) is 4.79 Å². The summed E-state index contributed by atoms with van der Waals surface area (Å²) in [4.78, 5) is 38.9. The summed E-state index contributed by atoms with van der Waals surface area (Å²) in [6.07, 6.45) is 3.96. The molecule has 0 saturated carbocycles. The van der Waals surface area contributed by atoms with Crippen LogP contribution in [0.3, 0.4) is 0 Å². The quantitative estimate of drug-likeness (QED) is 0.562. The number of hydrogen-bond donors (Lipinski definition) is 4. The third-order valence-electron chi connectivity index (χ3n) is 3.86. The summed E-state index contributed by atoms with van der Waals surface area (Å²) in [6, 6.07) is 8.03. The van der Waals surface area contributed by atoms with Gasteiger partial charge >= 0.3 is 5.97 Å². The van der Waals surface area contributed by atoms with E-state index in [4.69, 9.17) is 10.8 Å². The molecule has 0 radical (unpaired) electrons. The van der Waals surface area contributed by atoms with Gasteiger partial charge in [0.25, 0.3) is 0 Å². The molecule has 0 saturated heterocycles. The third kappa shape index (κ3) is 5.89. The van der Waals surface area contributed by atoms with Crippen molar-refractivity contribution in [2.45, 2.75) is 32.2 Å². The van der Waals surface area contributed by atoms with E-state index in [1.165, 1.54) is 18.5 Å². The minimum absolute atomic E-state index is 0.0117. The molecule has 8 heteroatoms. The van der Waals surface area contributed by atoms with E-state index in [0.29, 0.717) is 18.5 Å². The van der Waals surface area contributed by atoms with Crippen LogP contribution in [0.1, 0.15) is 35.7 Å². The Bertz CT molecular complexity index is 836. The van der Waals surface area contributed by atoms with Gasteiger partial charge in [0.05, 0.1) is 23.5 Å². The minimum Gasteiger partial charge on any atom is -0.478 e. The van der Waals surface area contributed by atoms with Gasteiger partial charge in [0.15, 0.2) is 0 Å². The number of rotatable bonds is 8. The fraction of sp³-hybridized carbons (Fsp3) is 0.263. The molecule has 27 heavy (non-hydrogen) atoms. The fourth-order valence-electron chi connectivity index (χ4n) is 2.44. The summed E-state index contributed by atoms with van der Waals surface area (Å²) in [5.41, 5.74) is 7.29. The summed E-state index contributed by atoms with van der Waals surface area (Å²) in [5, 5.41) is 14.5. The SMILES string of the molecule is C[C@H](N)C(=O)Nc1ccccc1CCCC(=O)Nc1cnccc1C(=O)O. The van der Waals surface area contributed by atoms with E-state index in [2.05, 4.69) is 15.6 Å². The second-order valence-electron chi connectivity index (χ2n) is 6.06. The Morgan fingerprint density at radius 3 is 2.59 bits per heavy atom. The monoisotopic (exact) mass is 370 g/mol. The third-order valence-corrected chi connectivity index (χ3v) is 3.86. The van der Waals surface area contributed by atoms with Crippen LogP contribution in [-0.4, -0.2) is 33.9 Å². The molecule has 0 aliphatic carbocycles. The molecule has 1 atom stereocenters. The van der Waals surface area contributed by atoms with Crippen LogP contribution >= 0.6 is 0 Å². The highest BCUT2D eigenvalue weighted by Gasteiger charge is 2.13. The number of carbonyl (C=O) groups excluding carboxylic acids is 2. The van der Waals surface area contributed by atoms with E-state index < -0.39 is 12.0 Å². The Labute approximate surface area is 156 Å². The molecule has 1 aromatic carbocycles. The number of anilines is 2. The Morgan fingerprint density at radius 1 is 1.15 bits per heavy atom. The Morgan fingerprint density at radius 2 is 1.89 bits per heavy atom. The molecule has 0 fully saturated rings. The van der Waals surface area contributed by atoms with Crippen molar-refractivity contribution in [3.05, 3.63) is 53.9 Å². The van der Waals surface area contributed by atoms with E-state index in [9.17, 15) is 14.4 Å². The molecule has 0 spiro atoms. The number of carboxylic acids is 1. The number of carbonyl (C=O) groups is 3. The van der Waals surface area contributed by atoms with Crippen LogP contribution in [-0.2, 0) is 16.0 Å². The van der Waals surface area contributed by atoms with E-state index >= 15 is 0 Å². The molecule has 2 aromatic rings. The summed E-state index contributed by atoms with van der Waals surface area (Å²) in [7, 11) is 0. The Kier molecular flexibility index (Phi) is 7.01. The van der Waals surface area contributed by atoms with Crippen LogP contribution < -0.4 is 16.4 Å². The predicted octanol–water partition coefficient (Wildman–Crippen LogP) is 2.03. The van der Waals surface area contributed by atoms with Gasteiger partial charge in [-0.2, -0.15) is 0 Å². The molecule has 8 nitrogen and oxygen atoms in total. The summed E-state index contributed by atoms with van der Waals surface area (Å²) in [5.74, 6) is -1.72. The lowest BCUT2D eigenvalue weighted by Crippen LogP contribution is -2.32. The highest BCUT2D eigenvalue weighted by molar-refractivity contribution is 6.00. The Hall–Kier alpha value is -3.26. The van der Waals surface area contributed by atoms with Crippen molar-refractivity contribution >= 4 is 29.2 Å². The zero-order valence-corrected chi connectivity index (χ0v) is 14.9. The van der Waals surface area contributed by atoms with Crippen molar-refractivity contribution in [1.29, 1.82) is 0 Å². The first kappa shape index (κ1) is 20.1. The van der Waals surface area contributed by atoms with Crippen molar-refractivity contribution in [1.82, 2.24) is 4.98 Å². The molecule has 0 aliphatic heterocycles. The van der Waals surface area contributed by atoms with Crippen LogP contribution in [0.5, 0.6) is 0 Å². The molecule has 0 unspecified atom stereocenters. The largest absolute Gasteiger partial charge is 0.478 e. The molecule has 2 rings (SSSR count). The maximum atomic E-state index is 12.1. The number of hydrogen-bond acceptors (Lipinski definition) is 5. The van der Waals surface area contributed by atoms with Gasteiger partial charge in [0, 0.05) is 18.3 Å². The summed E-state index contributed by atoms with van der Waals surface area (Å²) < 4.78 is 0. The first-order valence-electron chi connectivity index (χ1n) is 8.50.